The van der Waals surface area contributed by atoms with Gasteiger partial charge in [-0.1, -0.05) is 138 Å². The minimum Gasteiger partial charge on any atom is -0.494 e. The lowest BCUT2D eigenvalue weighted by molar-refractivity contribution is 0.121. The first-order chi connectivity index (χ1) is 20.4. The van der Waals surface area contributed by atoms with Gasteiger partial charge in [0.2, 0.25) is 0 Å². The second-order valence-corrected chi connectivity index (χ2v) is 12.3. The molecular weight excluding hydrogens is 549 g/mol. The molecule has 42 heavy (non-hydrogen) atoms. The first-order valence-electron chi connectivity index (χ1n) is 15.7. The predicted molar refractivity (Wildman–Crippen MR) is 174 cm³/mol. The summed E-state index contributed by atoms with van der Waals surface area (Å²) in [7, 11) is 0. The highest BCUT2D eigenvalue weighted by molar-refractivity contribution is 8.00. The molecule has 0 spiro atoms. The summed E-state index contributed by atoms with van der Waals surface area (Å²) in [5, 5.41) is -3.64. The second-order valence-electron chi connectivity index (χ2n) is 11.2. The summed E-state index contributed by atoms with van der Waals surface area (Å²) in [5.41, 5.74) is 3.26. The standard InChI is InChI=1S/C37H47F3OS/c1-3-4-5-6-7-8-9-10-11-12-13-14-15-28-41-34-24-22-33(23-25-34)32-20-18-31(19-21-32)29-36(38)37(39,40)42-35-26-16-30(2)17-27-35/h16-27,29H,3-15,28H2,1-2H3. The number of alkyl halides is 2. The Balaban J connectivity index is 1.33. The van der Waals surface area contributed by atoms with E-state index in [9.17, 15) is 13.2 Å². The molecule has 5 heteroatoms. The van der Waals surface area contributed by atoms with Crippen LogP contribution in [0.5, 0.6) is 5.75 Å². The first kappa shape index (κ1) is 33.8. The average Bonchev–Trinajstić information content (AvgIpc) is 2.99. The molecule has 228 valence electrons. The third kappa shape index (κ3) is 12.7. The van der Waals surface area contributed by atoms with Crippen molar-refractivity contribution in [2.24, 2.45) is 0 Å². The van der Waals surface area contributed by atoms with E-state index in [0.717, 1.165) is 41.5 Å². The monoisotopic (exact) mass is 596 g/mol. The number of hydrogen-bond donors (Lipinski definition) is 0. The molecule has 0 bridgehead atoms. The molecule has 0 aliphatic carbocycles. The van der Waals surface area contributed by atoms with E-state index in [-0.39, 0.29) is 11.8 Å². The van der Waals surface area contributed by atoms with E-state index in [2.05, 4.69) is 6.92 Å². The van der Waals surface area contributed by atoms with Gasteiger partial charge in [0.05, 0.1) is 6.61 Å². The van der Waals surface area contributed by atoms with Crippen molar-refractivity contribution < 1.29 is 17.9 Å². The van der Waals surface area contributed by atoms with E-state index >= 15 is 0 Å². The Morgan fingerprint density at radius 2 is 1.14 bits per heavy atom. The van der Waals surface area contributed by atoms with Crippen LogP contribution in [0.15, 0.2) is 83.5 Å². The lowest BCUT2D eigenvalue weighted by Crippen LogP contribution is -2.10. The maximum absolute atomic E-state index is 14.5. The fraction of sp³-hybridized carbons (Fsp3) is 0.459. The third-order valence-electron chi connectivity index (χ3n) is 7.45. The number of rotatable bonds is 20. The van der Waals surface area contributed by atoms with Gasteiger partial charge in [-0.15, -0.1) is 0 Å². The van der Waals surface area contributed by atoms with Crippen LogP contribution >= 0.6 is 11.8 Å². The molecule has 0 aliphatic heterocycles. The molecule has 3 rings (SSSR count). The summed E-state index contributed by atoms with van der Waals surface area (Å²) in [5.74, 6) is -0.626. The van der Waals surface area contributed by atoms with Crippen LogP contribution in [0, 0.1) is 6.92 Å². The van der Waals surface area contributed by atoms with Crippen LogP contribution in [0.4, 0.5) is 13.2 Å². The largest absolute Gasteiger partial charge is 0.494 e. The van der Waals surface area contributed by atoms with E-state index in [0.29, 0.717) is 10.5 Å². The lowest BCUT2D eigenvalue weighted by atomic mass is 10.0. The molecule has 3 aromatic rings. The Morgan fingerprint density at radius 3 is 1.67 bits per heavy atom. The highest BCUT2D eigenvalue weighted by Crippen LogP contribution is 2.42. The number of ether oxygens (including phenoxy) is 1. The fourth-order valence-corrected chi connectivity index (χ4v) is 5.58. The van der Waals surface area contributed by atoms with Crippen LogP contribution in [-0.4, -0.2) is 11.9 Å². The molecular formula is C37H47F3OS. The van der Waals surface area contributed by atoms with Gasteiger partial charge in [0, 0.05) is 4.90 Å². The second kappa shape index (κ2) is 18.8. The summed E-state index contributed by atoms with van der Waals surface area (Å²) in [6.07, 6.45) is 18.2. The van der Waals surface area contributed by atoms with Gasteiger partial charge in [-0.05, 0) is 72.1 Å². The van der Waals surface area contributed by atoms with Crippen molar-refractivity contribution in [3.05, 3.63) is 89.8 Å². The van der Waals surface area contributed by atoms with E-state index in [1.807, 2.05) is 43.3 Å². The normalized spacial score (nSPS) is 12.1. The highest BCUT2D eigenvalue weighted by Gasteiger charge is 2.36. The van der Waals surface area contributed by atoms with Crippen molar-refractivity contribution in [2.45, 2.75) is 107 Å². The molecule has 0 radical (unpaired) electrons. The summed E-state index contributed by atoms with van der Waals surface area (Å²) in [4.78, 5) is 0.321. The molecule has 1 nitrogen and oxygen atoms in total. The maximum Gasteiger partial charge on any atom is 0.349 e. The molecule has 0 unspecified atom stereocenters. The number of benzene rings is 3. The summed E-state index contributed by atoms with van der Waals surface area (Å²) in [6.45, 7) is 4.86. The van der Waals surface area contributed by atoms with Gasteiger partial charge in [-0.2, -0.15) is 8.78 Å². The third-order valence-corrected chi connectivity index (χ3v) is 8.41. The molecule has 0 aromatic heterocycles. The van der Waals surface area contributed by atoms with Crippen LogP contribution in [0.2, 0.25) is 0 Å². The van der Waals surface area contributed by atoms with E-state index < -0.39 is 11.1 Å². The zero-order valence-electron chi connectivity index (χ0n) is 25.4. The number of halogens is 3. The molecule has 0 aliphatic rings. The number of aryl methyl sites for hydroxylation is 1. The van der Waals surface area contributed by atoms with Gasteiger partial charge in [0.1, 0.15) is 5.75 Å². The van der Waals surface area contributed by atoms with E-state index in [1.165, 1.54) is 77.0 Å². The first-order valence-corrected chi connectivity index (χ1v) is 16.5. The average molecular weight is 597 g/mol. The van der Waals surface area contributed by atoms with Gasteiger partial charge < -0.3 is 4.74 Å². The van der Waals surface area contributed by atoms with Crippen LogP contribution in [-0.2, 0) is 0 Å². The maximum atomic E-state index is 14.5. The van der Waals surface area contributed by atoms with Crippen molar-refractivity contribution in [3.63, 3.8) is 0 Å². The zero-order valence-corrected chi connectivity index (χ0v) is 26.2. The van der Waals surface area contributed by atoms with Gasteiger partial charge in [-0.25, -0.2) is 4.39 Å². The minimum absolute atomic E-state index is 0.210. The van der Waals surface area contributed by atoms with Crippen LogP contribution in [0.3, 0.4) is 0 Å². The molecule has 0 amide bonds. The molecule has 0 fully saturated rings. The Labute approximate surface area is 256 Å². The number of hydrogen-bond acceptors (Lipinski definition) is 2. The van der Waals surface area contributed by atoms with Gasteiger partial charge in [0.25, 0.3) is 0 Å². The Bertz CT molecular complexity index is 1170. The van der Waals surface area contributed by atoms with Crippen LogP contribution in [0.1, 0.15) is 102 Å². The van der Waals surface area contributed by atoms with Gasteiger partial charge in [-0.3, -0.25) is 0 Å². The van der Waals surface area contributed by atoms with Crippen molar-refractivity contribution in [1.82, 2.24) is 0 Å². The summed E-state index contributed by atoms with van der Waals surface area (Å²) >= 11 is 0.210. The van der Waals surface area contributed by atoms with Gasteiger partial charge >= 0.3 is 5.25 Å². The quantitative estimate of drug-likeness (QED) is 0.0948. The van der Waals surface area contributed by atoms with Crippen molar-refractivity contribution >= 4 is 17.8 Å². The van der Waals surface area contributed by atoms with Crippen LogP contribution in [0.25, 0.3) is 17.2 Å². The van der Waals surface area contributed by atoms with Crippen molar-refractivity contribution in [2.75, 3.05) is 6.61 Å². The molecule has 0 saturated carbocycles. The topological polar surface area (TPSA) is 9.23 Å². The smallest absolute Gasteiger partial charge is 0.349 e. The summed E-state index contributed by atoms with van der Waals surface area (Å²) < 4.78 is 49.2. The predicted octanol–water partition coefficient (Wildman–Crippen LogP) is 12.8. The Morgan fingerprint density at radius 1 is 0.667 bits per heavy atom. The van der Waals surface area contributed by atoms with E-state index in [1.54, 1.807) is 36.4 Å². The Kier molecular flexibility index (Phi) is 15.1. The summed E-state index contributed by atoms with van der Waals surface area (Å²) in [6, 6.07) is 21.4. The minimum atomic E-state index is -3.64. The highest BCUT2D eigenvalue weighted by atomic mass is 32.2. The van der Waals surface area contributed by atoms with Crippen LogP contribution < -0.4 is 4.74 Å². The number of unbranched alkanes of at least 4 members (excludes halogenated alkanes) is 12. The SMILES string of the molecule is CCCCCCCCCCCCCCCOc1ccc(-c2ccc(C=C(F)C(F)(F)Sc3ccc(C)cc3)cc2)cc1. The zero-order chi connectivity index (χ0) is 30.0. The Hall–Kier alpha value is -2.66. The fourth-order valence-electron chi connectivity index (χ4n) is 4.86. The molecule has 0 heterocycles. The molecule has 3 aromatic carbocycles. The number of thioether (sulfide) groups is 1. The molecule has 0 atom stereocenters. The lowest BCUT2D eigenvalue weighted by Gasteiger charge is -2.14. The molecule has 0 N–H and O–H groups in total. The van der Waals surface area contributed by atoms with Crippen molar-refractivity contribution in [3.8, 4) is 16.9 Å². The van der Waals surface area contributed by atoms with Crippen molar-refractivity contribution in [1.29, 1.82) is 0 Å². The van der Waals surface area contributed by atoms with Gasteiger partial charge in [0.15, 0.2) is 5.83 Å². The molecule has 0 saturated heterocycles. The van der Waals surface area contributed by atoms with E-state index in [4.69, 9.17) is 4.74 Å².